The summed E-state index contributed by atoms with van der Waals surface area (Å²) in [5.41, 5.74) is 7.70. The summed E-state index contributed by atoms with van der Waals surface area (Å²) in [7, 11) is 0. The third kappa shape index (κ3) is 4.29. The summed E-state index contributed by atoms with van der Waals surface area (Å²) in [6, 6.07) is 7.83. The fraction of sp³-hybridized carbons (Fsp3) is 0.588. The molecule has 0 heterocycles. The van der Waals surface area contributed by atoms with E-state index in [-0.39, 0.29) is 11.8 Å². The highest BCUT2D eigenvalue weighted by atomic mass is 16.5. The summed E-state index contributed by atoms with van der Waals surface area (Å²) in [5.74, 6) is 0.468. The highest BCUT2D eigenvalue weighted by Gasteiger charge is 2.30. The number of amides is 1. The Labute approximate surface area is 127 Å². The van der Waals surface area contributed by atoms with Crippen molar-refractivity contribution in [2.75, 3.05) is 18.5 Å². The van der Waals surface area contributed by atoms with Crippen molar-refractivity contribution in [3.63, 3.8) is 0 Å². The van der Waals surface area contributed by atoms with Crippen LogP contribution >= 0.6 is 0 Å². The molecule has 1 fully saturated rings. The molecule has 0 spiro atoms. The molecule has 4 nitrogen and oxygen atoms in total. The maximum Gasteiger partial charge on any atom is 0.227 e. The highest BCUT2D eigenvalue weighted by Crippen LogP contribution is 2.30. The molecule has 4 heteroatoms. The van der Waals surface area contributed by atoms with Crippen molar-refractivity contribution in [3.05, 3.63) is 29.8 Å². The number of rotatable bonds is 6. The van der Waals surface area contributed by atoms with Crippen LogP contribution < -0.4 is 11.1 Å². The maximum atomic E-state index is 12.6. The van der Waals surface area contributed by atoms with Gasteiger partial charge in [-0.3, -0.25) is 4.79 Å². The Morgan fingerprint density at radius 1 is 1.33 bits per heavy atom. The zero-order valence-electron chi connectivity index (χ0n) is 12.8. The predicted octanol–water partition coefficient (Wildman–Crippen LogP) is 2.93. The van der Waals surface area contributed by atoms with Crippen LogP contribution in [0, 0.1) is 11.8 Å². The summed E-state index contributed by atoms with van der Waals surface area (Å²) < 4.78 is 5.46. The Hall–Kier alpha value is -1.39. The highest BCUT2D eigenvalue weighted by molar-refractivity contribution is 5.93. The fourth-order valence-corrected chi connectivity index (χ4v) is 3.04. The number of carbonyl (C=O) groups excluding carboxylic acids is 1. The van der Waals surface area contributed by atoms with Gasteiger partial charge < -0.3 is 15.8 Å². The van der Waals surface area contributed by atoms with E-state index in [0.29, 0.717) is 25.7 Å². The molecule has 1 aromatic carbocycles. The van der Waals surface area contributed by atoms with E-state index in [1.54, 1.807) is 0 Å². The van der Waals surface area contributed by atoms with E-state index in [4.69, 9.17) is 10.5 Å². The molecule has 3 N–H and O–H groups in total. The first kappa shape index (κ1) is 16.0. The van der Waals surface area contributed by atoms with Crippen LogP contribution in [-0.4, -0.2) is 19.1 Å². The van der Waals surface area contributed by atoms with Crippen molar-refractivity contribution < 1.29 is 9.53 Å². The lowest BCUT2D eigenvalue weighted by molar-refractivity contribution is -0.122. The zero-order valence-corrected chi connectivity index (χ0v) is 12.8. The second-order valence-electron chi connectivity index (χ2n) is 5.67. The Morgan fingerprint density at radius 3 is 2.86 bits per heavy atom. The summed E-state index contributed by atoms with van der Waals surface area (Å²) in [4.78, 5) is 12.6. The van der Waals surface area contributed by atoms with Gasteiger partial charge in [0.05, 0.1) is 6.61 Å². The molecule has 1 aromatic rings. The normalized spacial score (nSPS) is 22.0. The van der Waals surface area contributed by atoms with E-state index in [1.165, 1.54) is 6.42 Å². The van der Waals surface area contributed by atoms with Gasteiger partial charge in [-0.1, -0.05) is 31.0 Å². The molecule has 1 aliphatic rings. The molecular formula is C17H26N2O2. The lowest BCUT2D eigenvalue weighted by atomic mass is 9.78. The summed E-state index contributed by atoms with van der Waals surface area (Å²) in [6.07, 6.45) is 4.32. The van der Waals surface area contributed by atoms with Gasteiger partial charge in [-0.25, -0.2) is 0 Å². The number of carbonyl (C=O) groups is 1. The zero-order chi connectivity index (χ0) is 15.1. The van der Waals surface area contributed by atoms with Crippen LogP contribution in [0.2, 0.25) is 0 Å². The average molecular weight is 290 g/mol. The molecule has 0 aliphatic heterocycles. The number of para-hydroxylation sites is 1. The van der Waals surface area contributed by atoms with Crippen LogP contribution in [0.1, 0.15) is 38.2 Å². The Balaban J connectivity index is 2.04. The summed E-state index contributed by atoms with van der Waals surface area (Å²) in [6.45, 7) is 3.76. The largest absolute Gasteiger partial charge is 0.377 e. The van der Waals surface area contributed by atoms with Gasteiger partial charge >= 0.3 is 0 Å². The molecule has 1 saturated carbocycles. The lowest BCUT2D eigenvalue weighted by Crippen LogP contribution is -2.35. The van der Waals surface area contributed by atoms with Crippen LogP contribution in [0.4, 0.5) is 5.69 Å². The minimum absolute atomic E-state index is 0.0453. The molecule has 2 unspecified atom stereocenters. The molecule has 21 heavy (non-hydrogen) atoms. The third-order valence-electron chi connectivity index (χ3n) is 4.29. The van der Waals surface area contributed by atoms with E-state index in [1.807, 2.05) is 31.2 Å². The van der Waals surface area contributed by atoms with Crippen LogP contribution in [0.25, 0.3) is 0 Å². The Bertz CT molecular complexity index is 462. The van der Waals surface area contributed by atoms with Crippen LogP contribution in [0.15, 0.2) is 24.3 Å². The molecule has 1 aliphatic carbocycles. The van der Waals surface area contributed by atoms with Gasteiger partial charge in [0.2, 0.25) is 5.91 Å². The van der Waals surface area contributed by atoms with Crippen molar-refractivity contribution >= 4 is 11.6 Å². The van der Waals surface area contributed by atoms with E-state index >= 15 is 0 Å². The first-order valence-electron chi connectivity index (χ1n) is 7.92. The average Bonchev–Trinajstić information content (AvgIpc) is 2.54. The molecule has 2 rings (SSSR count). The van der Waals surface area contributed by atoms with Crippen molar-refractivity contribution in [3.8, 4) is 0 Å². The topological polar surface area (TPSA) is 64.3 Å². The van der Waals surface area contributed by atoms with Crippen molar-refractivity contribution in [1.29, 1.82) is 0 Å². The molecular weight excluding hydrogens is 264 g/mol. The molecule has 0 radical (unpaired) electrons. The molecule has 1 amide bonds. The molecule has 2 atom stereocenters. The quantitative estimate of drug-likeness (QED) is 0.846. The number of anilines is 1. The first-order valence-corrected chi connectivity index (χ1v) is 7.92. The molecule has 0 saturated heterocycles. The third-order valence-corrected chi connectivity index (χ3v) is 4.29. The minimum Gasteiger partial charge on any atom is -0.377 e. The van der Waals surface area contributed by atoms with Gasteiger partial charge in [0, 0.05) is 23.8 Å². The summed E-state index contributed by atoms with van der Waals surface area (Å²) in [5, 5.41) is 3.08. The van der Waals surface area contributed by atoms with Crippen molar-refractivity contribution in [2.45, 2.75) is 39.2 Å². The lowest BCUT2D eigenvalue weighted by Gasteiger charge is -2.29. The maximum absolute atomic E-state index is 12.6. The predicted molar refractivity (Wildman–Crippen MR) is 84.9 cm³/mol. The molecule has 0 aromatic heterocycles. The standard InChI is InChI=1S/C17H26N2O2/c1-2-21-12-14-8-4-6-10-16(14)19-17(20)15-9-5-3-7-13(15)11-18/h4,6,8,10,13,15H,2-3,5,7,9,11-12,18H2,1H3,(H,19,20). The van der Waals surface area contributed by atoms with Gasteiger partial charge in [-0.15, -0.1) is 0 Å². The van der Waals surface area contributed by atoms with E-state index < -0.39 is 0 Å². The van der Waals surface area contributed by atoms with Crippen LogP contribution in [0.3, 0.4) is 0 Å². The van der Waals surface area contributed by atoms with Gasteiger partial charge in [0.25, 0.3) is 0 Å². The smallest absolute Gasteiger partial charge is 0.227 e. The van der Waals surface area contributed by atoms with Crippen LogP contribution in [-0.2, 0) is 16.1 Å². The number of hydrogen-bond donors (Lipinski definition) is 2. The van der Waals surface area contributed by atoms with Crippen molar-refractivity contribution in [1.82, 2.24) is 0 Å². The SMILES string of the molecule is CCOCc1ccccc1NC(=O)C1CCCCC1CN. The second-order valence-corrected chi connectivity index (χ2v) is 5.67. The van der Waals surface area contributed by atoms with Gasteiger partial charge in [0.15, 0.2) is 0 Å². The van der Waals surface area contributed by atoms with E-state index in [0.717, 1.165) is 30.5 Å². The van der Waals surface area contributed by atoms with Gasteiger partial charge in [-0.2, -0.15) is 0 Å². The Kier molecular flexibility index (Phi) is 6.21. The Morgan fingerprint density at radius 2 is 2.10 bits per heavy atom. The number of nitrogens with two attached hydrogens (primary N) is 1. The van der Waals surface area contributed by atoms with Crippen LogP contribution in [0.5, 0.6) is 0 Å². The monoisotopic (exact) mass is 290 g/mol. The number of benzene rings is 1. The van der Waals surface area contributed by atoms with Crippen molar-refractivity contribution in [2.24, 2.45) is 17.6 Å². The van der Waals surface area contributed by atoms with E-state index in [2.05, 4.69) is 5.32 Å². The second kappa shape index (κ2) is 8.15. The van der Waals surface area contributed by atoms with Gasteiger partial charge in [0.1, 0.15) is 0 Å². The summed E-state index contributed by atoms with van der Waals surface area (Å²) >= 11 is 0. The number of ether oxygens (including phenoxy) is 1. The molecule has 116 valence electrons. The fourth-order valence-electron chi connectivity index (χ4n) is 3.04. The molecule has 0 bridgehead atoms. The van der Waals surface area contributed by atoms with Gasteiger partial charge in [-0.05, 0) is 38.3 Å². The number of nitrogens with one attached hydrogen (secondary N) is 1. The van der Waals surface area contributed by atoms with E-state index in [9.17, 15) is 4.79 Å². The number of hydrogen-bond acceptors (Lipinski definition) is 3. The minimum atomic E-state index is 0.0453. The first-order chi connectivity index (χ1) is 10.3.